The van der Waals surface area contributed by atoms with Crippen LogP contribution in [0.15, 0.2) is 53.3 Å². The van der Waals surface area contributed by atoms with Gasteiger partial charge in [-0.25, -0.2) is 9.67 Å². The molecule has 156 valence electrons. The summed E-state index contributed by atoms with van der Waals surface area (Å²) in [5.74, 6) is 1.71. The maximum absolute atomic E-state index is 13.2. The second-order valence-corrected chi connectivity index (χ2v) is 7.58. The van der Waals surface area contributed by atoms with Crippen LogP contribution in [-0.4, -0.2) is 42.3 Å². The Balaban J connectivity index is 1.37. The number of amides is 1. The first-order chi connectivity index (χ1) is 15.1. The van der Waals surface area contributed by atoms with Gasteiger partial charge in [0.2, 0.25) is 0 Å². The molecule has 1 aromatic carbocycles. The highest BCUT2D eigenvalue weighted by molar-refractivity contribution is 5.95. The smallest absolute Gasteiger partial charge is 0.259 e. The first kappa shape index (κ1) is 19.2. The quantitative estimate of drug-likeness (QED) is 0.508. The zero-order chi connectivity index (χ0) is 21.4. The first-order valence-electron chi connectivity index (χ1n) is 10.3. The molecule has 0 bridgehead atoms. The molecule has 8 nitrogen and oxygen atoms in total. The second-order valence-electron chi connectivity index (χ2n) is 7.58. The molecule has 0 spiro atoms. The summed E-state index contributed by atoms with van der Waals surface area (Å²) in [7, 11) is 0. The minimum absolute atomic E-state index is 0.00664. The highest BCUT2D eigenvalue weighted by atomic mass is 16.5. The van der Waals surface area contributed by atoms with Gasteiger partial charge in [-0.15, -0.1) is 0 Å². The monoisotopic (exact) mass is 414 g/mol. The van der Waals surface area contributed by atoms with E-state index in [-0.39, 0.29) is 5.91 Å². The molecule has 4 aromatic rings. The molecule has 0 radical (unpaired) electrons. The number of aromatic nitrogens is 5. The van der Waals surface area contributed by atoms with E-state index in [1.54, 1.807) is 17.1 Å². The molecule has 5 rings (SSSR count). The van der Waals surface area contributed by atoms with Crippen LogP contribution in [0.2, 0.25) is 0 Å². The van der Waals surface area contributed by atoms with Gasteiger partial charge < -0.3 is 9.42 Å². The Morgan fingerprint density at radius 2 is 1.97 bits per heavy atom. The number of hydrogen-bond acceptors (Lipinski definition) is 6. The van der Waals surface area contributed by atoms with E-state index < -0.39 is 0 Å². The molecule has 4 heterocycles. The molecule has 0 aliphatic carbocycles. The normalized spacial score (nSPS) is 13.3. The van der Waals surface area contributed by atoms with Crippen molar-refractivity contribution in [3.63, 3.8) is 0 Å². The molecule has 0 N–H and O–H groups in total. The number of carbonyl (C=O) groups is 1. The van der Waals surface area contributed by atoms with E-state index in [1.165, 1.54) is 11.1 Å². The molecule has 0 atom stereocenters. The summed E-state index contributed by atoms with van der Waals surface area (Å²) < 4.78 is 6.95. The fourth-order valence-electron chi connectivity index (χ4n) is 3.84. The average molecular weight is 414 g/mol. The maximum Gasteiger partial charge on any atom is 0.259 e. The molecule has 3 aromatic heterocycles. The zero-order valence-electron chi connectivity index (χ0n) is 17.4. The van der Waals surface area contributed by atoms with Crippen molar-refractivity contribution in [2.75, 3.05) is 6.54 Å². The fourth-order valence-corrected chi connectivity index (χ4v) is 3.84. The van der Waals surface area contributed by atoms with Crippen LogP contribution >= 0.6 is 0 Å². The zero-order valence-corrected chi connectivity index (χ0v) is 17.4. The van der Waals surface area contributed by atoms with Crippen LogP contribution in [-0.2, 0) is 19.4 Å². The molecule has 0 fully saturated rings. The van der Waals surface area contributed by atoms with Crippen LogP contribution in [0.5, 0.6) is 0 Å². The molecule has 1 amide bonds. The number of aryl methyl sites for hydroxylation is 1. The van der Waals surface area contributed by atoms with Gasteiger partial charge in [0.15, 0.2) is 11.6 Å². The van der Waals surface area contributed by atoms with Crippen LogP contribution in [0.4, 0.5) is 0 Å². The molecule has 0 saturated carbocycles. The number of fused-ring (bicyclic) bond motifs is 1. The fraction of sp³-hybridized carbons (Fsp3) is 0.261. The van der Waals surface area contributed by atoms with E-state index in [9.17, 15) is 4.79 Å². The van der Waals surface area contributed by atoms with Gasteiger partial charge in [-0.3, -0.25) is 4.79 Å². The van der Waals surface area contributed by atoms with Gasteiger partial charge in [0.05, 0.1) is 23.0 Å². The highest BCUT2D eigenvalue weighted by Crippen LogP contribution is 2.23. The lowest BCUT2D eigenvalue weighted by Crippen LogP contribution is -2.36. The molecule has 1 aliphatic rings. The predicted molar refractivity (Wildman–Crippen MR) is 114 cm³/mol. The van der Waals surface area contributed by atoms with E-state index in [0.29, 0.717) is 42.6 Å². The SMILES string of the molecule is CCc1noc(-c2ccc(-n3ncc(C(=O)N4CCc5ccccc5C4)c3C)nc2)n1. The Labute approximate surface area is 179 Å². The van der Waals surface area contributed by atoms with Crippen LogP contribution in [0.1, 0.15) is 39.9 Å². The molecule has 31 heavy (non-hydrogen) atoms. The molecule has 0 unspecified atom stereocenters. The minimum atomic E-state index is -0.00664. The van der Waals surface area contributed by atoms with Gasteiger partial charge >= 0.3 is 0 Å². The lowest BCUT2D eigenvalue weighted by Gasteiger charge is -2.28. The Hall–Kier alpha value is -3.81. The van der Waals surface area contributed by atoms with Gasteiger partial charge in [0, 0.05) is 25.7 Å². The van der Waals surface area contributed by atoms with Gasteiger partial charge in [0.1, 0.15) is 0 Å². The molecule has 8 heteroatoms. The number of hydrogen-bond donors (Lipinski definition) is 0. The van der Waals surface area contributed by atoms with Gasteiger partial charge in [0.25, 0.3) is 11.8 Å². The summed E-state index contributed by atoms with van der Waals surface area (Å²) in [6.07, 6.45) is 4.88. The summed E-state index contributed by atoms with van der Waals surface area (Å²) in [4.78, 5) is 23.9. The van der Waals surface area contributed by atoms with Gasteiger partial charge in [-0.05, 0) is 36.6 Å². The van der Waals surface area contributed by atoms with Crippen molar-refractivity contribution in [2.45, 2.75) is 33.2 Å². The van der Waals surface area contributed by atoms with Crippen molar-refractivity contribution >= 4 is 5.91 Å². The number of carbonyl (C=O) groups excluding carboxylic acids is 1. The minimum Gasteiger partial charge on any atom is -0.334 e. The topological polar surface area (TPSA) is 89.9 Å². The van der Waals surface area contributed by atoms with Gasteiger partial charge in [-0.1, -0.05) is 36.3 Å². The van der Waals surface area contributed by atoms with E-state index in [4.69, 9.17) is 4.52 Å². The lowest BCUT2D eigenvalue weighted by molar-refractivity contribution is 0.0734. The third-order valence-electron chi connectivity index (χ3n) is 5.65. The molecular weight excluding hydrogens is 392 g/mol. The molecule has 0 saturated heterocycles. The number of benzene rings is 1. The predicted octanol–water partition coefficient (Wildman–Crippen LogP) is 3.39. The average Bonchev–Trinajstić information content (AvgIpc) is 3.45. The van der Waals surface area contributed by atoms with E-state index in [0.717, 1.165) is 17.7 Å². The third-order valence-corrected chi connectivity index (χ3v) is 5.65. The largest absolute Gasteiger partial charge is 0.334 e. The second kappa shape index (κ2) is 7.79. The first-order valence-corrected chi connectivity index (χ1v) is 10.3. The third kappa shape index (κ3) is 3.50. The van der Waals surface area contributed by atoms with Crippen LogP contribution in [0.25, 0.3) is 17.3 Å². The lowest BCUT2D eigenvalue weighted by atomic mass is 9.99. The Morgan fingerprint density at radius 1 is 1.13 bits per heavy atom. The van der Waals surface area contributed by atoms with Crippen molar-refractivity contribution in [1.29, 1.82) is 0 Å². The van der Waals surface area contributed by atoms with E-state index in [2.05, 4.69) is 32.4 Å². The molecule has 1 aliphatic heterocycles. The van der Waals surface area contributed by atoms with Crippen LogP contribution < -0.4 is 0 Å². The van der Waals surface area contributed by atoms with E-state index >= 15 is 0 Å². The van der Waals surface area contributed by atoms with Crippen LogP contribution in [0.3, 0.4) is 0 Å². The summed E-state index contributed by atoms with van der Waals surface area (Å²) >= 11 is 0. The maximum atomic E-state index is 13.2. The Bertz CT molecular complexity index is 1240. The van der Waals surface area contributed by atoms with Crippen molar-refractivity contribution in [3.8, 4) is 17.3 Å². The summed E-state index contributed by atoms with van der Waals surface area (Å²) in [6.45, 7) is 5.19. The summed E-state index contributed by atoms with van der Waals surface area (Å²) in [6, 6.07) is 12.0. The Kier molecular flexibility index (Phi) is 4.82. The molecular formula is C23H22N6O2. The van der Waals surface area contributed by atoms with E-state index in [1.807, 2.05) is 43.0 Å². The number of rotatable bonds is 4. The number of pyridine rings is 1. The van der Waals surface area contributed by atoms with Crippen LogP contribution in [0, 0.1) is 6.92 Å². The Morgan fingerprint density at radius 3 is 2.71 bits per heavy atom. The summed E-state index contributed by atoms with van der Waals surface area (Å²) in [5.41, 5.74) is 4.61. The van der Waals surface area contributed by atoms with Crippen molar-refractivity contribution in [3.05, 3.63) is 77.0 Å². The van der Waals surface area contributed by atoms with Gasteiger partial charge in [-0.2, -0.15) is 10.1 Å². The van der Waals surface area contributed by atoms with Crippen molar-refractivity contribution in [1.82, 2.24) is 29.8 Å². The summed E-state index contributed by atoms with van der Waals surface area (Å²) in [5, 5.41) is 8.33. The standard InChI is InChI=1S/C23H22N6O2/c1-3-20-26-22(31-27-20)17-8-9-21(24-12-17)29-15(2)19(13-25-29)23(30)28-11-10-16-6-4-5-7-18(16)14-28/h4-9,12-13H,3,10-11,14H2,1-2H3. The van der Waals surface area contributed by atoms with Crippen molar-refractivity contribution < 1.29 is 9.32 Å². The number of nitrogens with zero attached hydrogens (tertiary/aromatic N) is 6. The van der Waals surface area contributed by atoms with Crippen molar-refractivity contribution in [2.24, 2.45) is 0 Å². The highest BCUT2D eigenvalue weighted by Gasteiger charge is 2.25.